The first kappa shape index (κ1) is 17.3. The van der Waals surface area contributed by atoms with Crippen LogP contribution >= 0.6 is 0 Å². The van der Waals surface area contributed by atoms with Gasteiger partial charge in [-0.1, -0.05) is 12.1 Å². The maximum Gasteiger partial charge on any atom is 0.407 e. The van der Waals surface area contributed by atoms with Crippen molar-refractivity contribution >= 4 is 11.8 Å². The van der Waals surface area contributed by atoms with Crippen LogP contribution in [0.1, 0.15) is 38.0 Å². The molecule has 0 aliphatic heterocycles. The highest BCUT2D eigenvalue weighted by Crippen LogP contribution is 2.21. The fourth-order valence-corrected chi connectivity index (χ4v) is 1.68. The molecule has 1 rings (SSSR count). The van der Waals surface area contributed by atoms with Gasteiger partial charge in [0.2, 0.25) is 0 Å². The third-order valence-corrected chi connectivity index (χ3v) is 2.86. The lowest BCUT2D eigenvalue weighted by atomic mass is 10.0. The van der Waals surface area contributed by atoms with Crippen molar-refractivity contribution in [2.45, 2.75) is 45.5 Å². The molecule has 0 aliphatic rings. The zero-order valence-electron chi connectivity index (χ0n) is 12.9. The van der Waals surface area contributed by atoms with Crippen LogP contribution in [0.15, 0.2) is 18.2 Å². The molecule has 0 saturated carbocycles. The van der Waals surface area contributed by atoms with Crippen molar-refractivity contribution in [2.75, 3.05) is 12.3 Å². The summed E-state index contributed by atoms with van der Waals surface area (Å²) in [6.07, 6.45) is -2.93. The zero-order valence-corrected chi connectivity index (χ0v) is 12.9. The van der Waals surface area contributed by atoms with Crippen LogP contribution in [0, 0.1) is 6.92 Å². The van der Waals surface area contributed by atoms with Gasteiger partial charge < -0.3 is 26.0 Å². The van der Waals surface area contributed by atoms with E-state index >= 15 is 0 Å². The standard InChI is InChI=1S/C15H24N2O4/c1-9-5-6-10(7-11(9)16)13(19)12(18)8-17-14(20)21-15(2,3)4/h5-7,12-13,18-19H,8,16H2,1-4H3,(H,17,20). The van der Waals surface area contributed by atoms with E-state index < -0.39 is 23.9 Å². The number of ether oxygens (including phenoxy) is 1. The summed E-state index contributed by atoms with van der Waals surface area (Å²) in [5.74, 6) is 0. The molecule has 2 unspecified atom stereocenters. The number of aliphatic hydroxyl groups excluding tert-OH is 2. The summed E-state index contributed by atoms with van der Waals surface area (Å²) >= 11 is 0. The van der Waals surface area contributed by atoms with Crippen molar-refractivity contribution in [1.82, 2.24) is 5.32 Å². The highest BCUT2D eigenvalue weighted by molar-refractivity contribution is 5.67. The number of carbonyl (C=O) groups is 1. The number of carbonyl (C=O) groups excluding carboxylic acids is 1. The van der Waals surface area contributed by atoms with Crippen LogP contribution in [-0.4, -0.2) is 34.6 Å². The minimum absolute atomic E-state index is 0.121. The van der Waals surface area contributed by atoms with Crippen LogP contribution < -0.4 is 11.1 Å². The molecule has 21 heavy (non-hydrogen) atoms. The van der Waals surface area contributed by atoms with Crippen molar-refractivity contribution in [1.29, 1.82) is 0 Å². The van der Waals surface area contributed by atoms with Gasteiger partial charge in [0.15, 0.2) is 0 Å². The smallest absolute Gasteiger partial charge is 0.407 e. The lowest BCUT2D eigenvalue weighted by molar-refractivity contribution is 0.0129. The average Bonchev–Trinajstić information content (AvgIpc) is 2.36. The van der Waals surface area contributed by atoms with Gasteiger partial charge >= 0.3 is 6.09 Å². The Labute approximate surface area is 124 Å². The summed E-state index contributed by atoms with van der Waals surface area (Å²) in [5, 5.41) is 22.4. The third kappa shape index (κ3) is 5.61. The predicted molar refractivity (Wildman–Crippen MR) is 80.8 cm³/mol. The normalized spacial score (nSPS) is 14.4. The number of aryl methyl sites for hydroxylation is 1. The van der Waals surface area contributed by atoms with Gasteiger partial charge in [0, 0.05) is 12.2 Å². The van der Waals surface area contributed by atoms with E-state index in [1.807, 2.05) is 6.92 Å². The fourth-order valence-electron chi connectivity index (χ4n) is 1.68. The number of alkyl carbamates (subject to hydrolysis) is 1. The highest BCUT2D eigenvalue weighted by Gasteiger charge is 2.21. The zero-order chi connectivity index (χ0) is 16.2. The molecule has 118 valence electrons. The van der Waals surface area contributed by atoms with E-state index in [-0.39, 0.29) is 6.54 Å². The minimum Gasteiger partial charge on any atom is -0.444 e. The van der Waals surface area contributed by atoms with Crippen molar-refractivity contribution in [2.24, 2.45) is 0 Å². The fraction of sp³-hybridized carbons (Fsp3) is 0.533. The van der Waals surface area contributed by atoms with Gasteiger partial charge in [0.1, 0.15) is 17.8 Å². The molecule has 0 radical (unpaired) electrons. The van der Waals surface area contributed by atoms with E-state index in [4.69, 9.17) is 10.5 Å². The highest BCUT2D eigenvalue weighted by atomic mass is 16.6. The van der Waals surface area contributed by atoms with Crippen LogP contribution in [-0.2, 0) is 4.74 Å². The molecule has 1 aromatic carbocycles. The van der Waals surface area contributed by atoms with Crippen LogP contribution in [0.25, 0.3) is 0 Å². The first-order chi connectivity index (χ1) is 9.60. The summed E-state index contributed by atoms with van der Waals surface area (Å²) in [4.78, 5) is 11.5. The van der Waals surface area contributed by atoms with Crippen molar-refractivity contribution in [3.8, 4) is 0 Å². The molecule has 5 N–H and O–H groups in total. The maximum atomic E-state index is 11.5. The minimum atomic E-state index is -1.15. The predicted octanol–water partition coefficient (Wildman–Crippen LogP) is 1.50. The summed E-state index contributed by atoms with van der Waals surface area (Å²) < 4.78 is 5.05. The molecule has 0 fully saturated rings. The number of aliphatic hydroxyl groups is 2. The SMILES string of the molecule is Cc1ccc(C(O)C(O)CNC(=O)OC(C)(C)C)cc1N. The number of nitrogens with two attached hydrogens (primary N) is 1. The molecular formula is C15H24N2O4. The molecule has 0 heterocycles. The molecule has 6 nitrogen and oxygen atoms in total. The van der Waals surface area contributed by atoms with Gasteiger partial charge in [-0.2, -0.15) is 0 Å². The van der Waals surface area contributed by atoms with Gasteiger partial charge in [-0.25, -0.2) is 4.79 Å². The first-order valence-electron chi connectivity index (χ1n) is 6.79. The quantitative estimate of drug-likeness (QED) is 0.630. The molecular weight excluding hydrogens is 272 g/mol. The van der Waals surface area contributed by atoms with Crippen LogP contribution in [0.4, 0.5) is 10.5 Å². The molecule has 1 amide bonds. The second-order valence-corrected chi connectivity index (χ2v) is 6.01. The molecule has 0 spiro atoms. The monoisotopic (exact) mass is 296 g/mol. The van der Waals surface area contributed by atoms with E-state index in [9.17, 15) is 15.0 Å². The second-order valence-electron chi connectivity index (χ2n) is 6.01. The molecule has 0 aliphatic carbocycles. The van der Waals surface area contributed by atoms with Crippen LogP contribution in [0.2, 0.25) is 0 Å². The molecule has 0 bridgehead atoms. The number of amides is 1. The third-order valence-electron chi connectivity index (χ3n) is 2.86. The first-order valence-corrected chi connectivity index (χ1v) is 6.79. The van der Waals surface area contributed by atoms with E-state index in [0.29, 0.717) is 11.3 Å². The Morgan fingerprint density at radius 2 is 2.00 bits per heavy atom. The Kier molecular flexibility index (Phi) is 5.57. The topological polar surface area (TPSA) is 105 Å². The Morgan fingerprint density at radius 1 is 1.38 bits per heavy atom. The van der Waals surface area contributed by atoms with E-state index in [1.54, 1.807) is 39.0 Å². The number of anilines is 1. The Morgan fingerprint density at radius 3 is 2.52 bits per heavy atom. The summed E-state index contributed by atoms with van der Waals surface area (Å²) in [6.45, 7) is 6.96. The number of nitrogens with one attached hydrogen (secondary N) is 1. The van der Waals surface area contributed by atoms with Crippen LogP contribution in [0.5, 0.6) is 0 Å². The molecule has 0 saturated heterocycles. The van der Waals surface area contributed by atoms with E-state index in [2.05, 4.69) is 5.32 Å². The lowest BCUT2D eigenvalue weighted by Gasteiger charge is -2.22. The van der Waals surface area contributed by atoms with Gasteiger partial charge in [-0.3, -0.25) is 0 Å². The van der Waals surface area contributed by atoms with Gasteiger partial charge in [0.25, 0.3) is 0 Å². The Balaban J connectivity index is 2.56. The summed E-state index contributed by atoms with van der Waals surface area (Å²) in [6, 6.07) is 5.06. The number of hydrogen-bond donors (Lipinski definition) is 4. The Hall–Kier alpha value is -1.79. The van der Waals surface area contributed by atoms with E-state index in [0.717, 1.165) is 5.56 Å². The number of rotatable bonds is 4. The summed E-state index contributed by atoms with van der Waals surface area (Å²) in [5.41, 5.74) is 7.09. The molecule has 1 aromatic rings. The number of benzene rings is 1. The van der Waals surface area contributed by atoms with Crippen molar-refractivity contribution in [3.05, 3.63) is 29.3 Å². The maximum absolute atomic E-state index is 11.5. The van der Waals surface area contributed by atoms with Gasteiger partial charge in [0.05, 0.1) is 0 Å². The number of nitrogen functional groups attached to an aromatic ring is 1. The lowest BCUT2D eigenvalue weighted by Crippen LogP contribution is -2.38. The molecule has 6 heteroatoms. The molecule has 2 atom stereocenters. The van der Waals surface area contributed by atoms with Crippen molar-refractivity contribution in [3.63, 3.8) is 0 Å². The second kappa shape index (κ2) is 6.78. The largest absolute Gasteiger partial charge is 0.444 e. The van der Waals surface area contributed by atoms with Gasteiger partial charge in [-0.05, 0) is 44.9 Å². The van der Waals surface area contributed by atoms with Crippen LogP contribution in [0.3, 0.4) is 0 Å². The van der Waals surface area contributed by atoms with E-state index in [1.165, 1.54) is 0 Å². The average molecular weight is 296 g/mol. The molecule has 0 aromatic heterocycles. The number of hydrogen-bond acceptors (Lipinski definition) is 5. The van der Waals surface area contributed by atoms with Gasteiger partial charge in [-0.15, -0.1) is 0 Å². The Bertz CT molecular complexity index is 497. The summed E-state index contributed by atoms with van der Waals surface area (Å²) in [7, 11) is 0. The van der Waals surface area contributed by atoms with Crippen molar-refractivity contribution < 1.29 is 19.7 Å².